The molecule has 0 atom stereocenters. The molecule has 1 aromatic heterocycles. The molecule has 0 aliphatic rings. The van der Waals surface area contributed by atoms with Crippen LogP contribution in [-0.4, -0.2) is 18.5 Å². The van der Waals surface area contributed by atoms with Crippen molar-refractivity contribution in [2.24, 2.45) is 9.63 Å². The summed E-state index contributed by atoms with van der Waals surface area (Å²) in [6, 6.07) is 13.2. The average molecular weight is 315 g/mol. The van der Waals surface area contributed by atoms with Gasteiger partial charge in [-0.2, -0.15) is 8.42 Å². The van der Waals surface area contributed by atoms with Crippen LogP contribution in [0.3, 0.4) is 0 Å². The molecule has 0 saturated heterocycles. The number of hydrogen-bond donors (Lipinski definition) is 2. The van der Waals surface area contributed by atoms with Crippen LogP contribution in [0.15, 0.2) is 63.1 Å². The lowest BCUT2D eigenvalue weighted by Crippen LogP contribution is -1.94. The molecular weight excluding hydrogens is 302 g/mol. The summed E-state index contributed by atoms with van der Waals surface area (Å²) in [7, 11) is -3.90. The van der Waals surface area contributed by atoms with Crippen LogP contribution in [0.4, 0.5) is 5.69 Å². The van der Waals surface area contributed by atoms with Crippen LogP contribution in [0, 0.1) is 6.92 Å². The summed E-state index contributed by atoms with van der Waals surface area (Å²) in [6.45, 7) is 1.87. The molecule has 112 valence electrons. The Balaban J connectivity index is 2.07. The fourth-order valence-electron chi connectivity index (χ4n) is 2.17. The number of para-hydroxylation sites is 1. The van der Waals surface area contributed by atoms with Gasteiger partial charge in [-0.15, -0.1) is 5.11 Å². The van der Waals surface area contributed by atoms with E-state index in [4.69, 9.17) is 0 Å². The smallest absolute Gasteiger partial charge is 0.299 e. The number of H-pyrrole nitrogens is 1. The molecule has 1 heterocycles. The van der Waals surface area contributed by atoms with E-state index in [1.54, 1.807) is 30.3 Å². The van der Waals surface area contributed by atoms with Gasteiger partial charge in [0.05, 0.1) is 10.4 Å². The minimum absolute atomic E-state index is 0.0502. The molecule has 22 heavy (non-hydrogen) atoms. The second kappa shape index (κ2) is 5.27. The standard InChI is InChI=1S/C15H13N3O3S/c1-10-6-5-9-12-13(10)16-15(19)14(12)17-18-22(20,21)11-7-3-2-4-8-11/h2-9,16,19H,1H3. The minimum atomic E-state index is -3.90. The molecule has 3 aromatic rings. The highest BCUT2D eigenvalue weighted by Gasteiger charge is 2.15. The van der Waals surface area contributed by atoms with Crippen LogP contribution in [0.25, 0.3) is 10.9 Å². The van der Waals surface area contributed by atoms with Crippen LogP contribution in [0.2, 0.25) is 0 Å². The third kappa shape index (κ3) is 2.46. The first-order valence-electron chi connectivity index (χ1n) is 6.52. The van der Waals surface area contributed by atoms with Gasteiger partial charge in [0.25, 0.3) is 10.0 Å². The van der Waals surface area contributed by atoms with Crippen molar-refractivity contribution in [3.8, 4) is 5.88 Å². The van der Waals surface area contributed by atoms with Crippen molar-refractivity contribution >= 4 is 26.6 Å². The number of aromatic hydroxyl groups is 1. The highest BCUT2D eigenvalue weighted by atomic mass is 32.2. The number of aromatic nitrogens is 1. The van der Waals surface area contributed by atoms with Gasteiger partial charge in [-0.3, -0.25) is 0 Å². The number of sulfonamides is 1. The summed E-state index contributed by atoms with van der Waals surface area (Å²) in [6.07, 6.45) is 0. The number of nitrogens with one attached hydrogen (secondary N) is 1. The number of benzene rings is 2. The van der Waals surface area contributed by atoms with E-state index in [1.807, 2.05) is 13.0 Å². The summed E-state index contributed by atoms with van der Waals surface area (Å²) in [4.78, 5) is 2.83. The van der Waals surface area contributed by atoms with Gasteiger partial charge in [-0.05, 0) is 24.6 Å². The number of rotatable bonds is 3. The topological polar surface area (TPSA) is 94.9 Å². The van der Waals surface area contributed by atoms with Crippen LogP contribution < -0.4 is 0 Å². The zero-order chi connectivity index (χ0) is 15.7. The highest BCUT2D eigenvalue weighted by molar-refractivity contribution is 7.90. The Kier molecular flexibility index (Phi) is 3.42. The molecule has 0 aliphatic heterocycles. The van der Waals surface area contributed by atoms with Crippen molar-refractivity contribution in [2.45, 2.75) is 11.8 Å². The third-order valence-corrected chi connectivity index (χ3v) is 4.45. The summed E-state index contributed by atoms with van der Waals surface area (Å²) in [5.74, 6) is -0.212. The van der Waals surface area contributed by atoms with E-state index in [1.165, 1.54) is 12.1 Å². The van der Waals surface area contributed by atoms with Crippen molar-refractivity contribution < 1.29 is 13.5 Å². The monoisotopic (exact) mass is 315 g/mol. The van der Waals surface area contributed by atoms with Crippen LogP contribution in [0.1, 0.15) is 5.56 Å². The second-order valence-electron chi connectivity index (χ2n) is 4.79. The van der Waals surface area contributed by atoms with E-state index in [0.29, 0.717) is 10.9 Å². The van der Waals surface area contributed by atoms with Crippen LogP contribution >= 0.6 is 0 Å². The molecule has 0 unspecified atom stereocenters. The molecule has 3 rings (SSSR count). The number of aromatic amines is 1. The first kappa shape index (κ1) is 14.3. The first-order valence-corrected chi connectivity index (χ1v) is 7.96. The molecule has 0 spiro atoms. The molecule has 0 radical (unpaired) electrons. The summed E-state index contributed by atoms with van der Waals surface area (Å²) in [5.41, 5.74) is 1.73. The van der Waals surface area contributed by atoms with Gasteiger partial charge in [-0.1, -0.05) is 40.9 Å². The molecule has 0 amide bonds. The van der Waals surface area contributed by atoms with Gasteiger partial charge in [0.15, 0.2) is 5.69 Å². The Morgan fingerprint density at radius 3 is 2.50 bits per heavy atom. The van der Waals surface area contributed by atoms with Gasteiger partial charge in [0.1, 0.15) is 0 Å². The van der Waals surface area contributed by atoms with Gasteiger partial charge in [-0.25, -0.2) is 0 Å². The normalized spacial score (nSPS) is 12.2. The Bertz CT molecular complexity index is 960. The van der Waals surface area contributed by atoms with E-state index in [-0.39, 0.29) is 16.5 Å². The molecule has 0 aliphatic carbocycles. The fraction of sp³-hybridized carbons (Fsp3) is 0.0667. The van der Waals surface area contributed by atoms with Crippen LogP contribution in [-0.2, 0) is 10.0 Å². The third-order valence-electron chi connectivity index (χ3n) is 3.28. The minimum Gasteiger partial charge on any atom is -0.493 e. The Morgan fingerprint density at radius 1 is 1.05 bits per heavy atom. The summed E-state index contributed by atoms with van der Waals surface area (Å²) >= 11 is 0. The Morgan fingerprint density at radius 2 is 1.77 bits per heavy atom. The lowest BCUT2D eigenvalue weighted by Gasteiger charge is -1.97. The SMILES string of the molecule is Cc1cccc2c(N=NS(=O)(=O)c3ccccc3)c(O)[nH]c12. The van der Waals surface area contributed by atoms with Gasteiger partial charge in [0, 0.05) is 5.39 Å². The van der Waals surface area contributed by atoms with E-state index in [9.17, 15) is 13.5 Å². The number of nitrogens with zero attached hydrogens (tertiary/aromatic N) is 2. The Labute approximate surface area is 127 Å². The fourth-order valence-corrected chi connectivity index (χ4v) is 2.96. The number of hydrogen-bond acceptors (Lipinski definition) is 4. The van der Waals surface area contributed by atoms with Crippen LogP contribution in [0.5, 0.6) is 5.88 Å². The number of fused-ring (bicyclic) bond motifs is 1. The van der Waals surface area contributed by atoms with E-state index in [2.05, 4.69) is 14.6 Å². The van der Waals surface area contributed by atoms with Crippen molar-refractivity contribution in [2.75, 3.05) is 0 Å². The largest absolute Gasteiger partial charge is 0.493 e. The molecule has 0 bridgehead atoms. The zero-order valence-corrected chi connectivity index (χ0v) is 12.5. The van der Waals surface area contributed by atoms with Crippen molar-refractivity contribution in [3.05, 3.63) is 54.1 Å². The molecule has 7 heteroatoms. The maximum Gasteiger partial charge on any atom is 0.299 e. The first-order chi connectivity index (χ1) is 10.5. The van der Waals surface area contributed by atoms with Crippen molar-refractivity contribution in [3.63, 3.8) is 0 Å². The van der Waals surface area contributed by atoms with Crippen molar-refractivity contribution in [1.82, 2.24) is 4.98 Å². The van der Waals surface area contributed by atoms with E-state index >= 15 is 0 Å². The number of aryl methyl sites for hydroxylation is 1. The molecule has 0 saturated carbocycles. The maximum atomic E-state index is 12.1. The predicted molar refractivity (Wildman–Crippen MR) is 82.8 cm³/mol. The summed E-state index contributed by atoms with van der Waals surface area (Å²) < 4.78 is 27.6. The van der Waals surface area contributed by atoms with Gasteiger partial charge < -0.3 is 10.1 Å². The lowest BCUT2D eigenvalue weighted by atomic mass is 10.1. The second-order valence-corrected chi connectivity index (χ2v) is 6.37. The molecule has 0 fully saturated rings. The highest BCUT2D eigenvalue weighted by Crippen LogP contribution is 2.37. The summed E-state index contributed by atoms with van der Waals surface area (Å²) in [5, 5.41) is 14.3. The maximum absolute atomic E-state index is 12.1. The van der Waals surface area contributed by atoms with Gasteiger partial charge >= 0.3 is 0 Å². The molecular formula is C15H13N3O3S. The van der Waals surface area contributed by atoms with Gasteiger partial charge in [0.2, 0.25) is 5.88 Å². The quantitative estimate of drug-likeness (QED) is 0.722. The van der Waals surface area contributed by atoms with E-state index in [0.717, 1.165) is 5.56 Å². The average Bonchev–Trinajstić information content (AvgIpc) is 2.83. The molecule has 2 N–H and O–H groups in total. The molecule has 2 aromatic carbocycles. The Hall–Kier alpha value is -2.67. The zero-order valence-electron chi connectivity index (χ0n) is 11.7. The molecule has 6 nitrogen and oxygen atoms in total. The predicted octanol–water partition coefficient (Wildman–Crippen LogP) is 3.65. The van der Waals surface area contributed by atoms with E-state index < -0.39 is 10.0 Å². The van der Waals surface area contributed by atoms with Crippen molar-refractivity contribution in [1.29, 1.82) is 0 Å². The lowest BCUT2D eigenvalue weighted by molar-refractivity contribution is 0.459.